The number of ether oxygens (including phenoxy) is 1. The van der Waals surface area contributed by atoms with E-state index in [4.69, 9.17) is 16.3 Å². The first kappa shape index (κ1) is 25.6. The number of halogens is 1. The number of hydrogen-bond donors (Lipinski definition) is 3. The number of urea groups is 1. The van der Waals surface area contributed by atoms with Gasteiger partial charge in [0.2, 0.25) is 5.91 Å². The largest absolute Gasteiger partial charge is 0.496 e. The predicted molar refractivity (Wildman–Crippen MR) is 132 cm³/mol. The minimum absolute atomic E-state index is 0.0392. The van der Waals surface area contributed by atoms with Crippen LogP contribution in [-0.4, -0.2) is 48.1 Å². The van der Waals surface area contributed by atoms with Crippen LogP contribution in [-0.2, 0) is 11.2 Å². The summed E-state index contributed by atoms with van der Waals surface area (Å²) in [6.45, 7) is 6.27. The molecule has 1 aliphatic heterocycles. The van der Waals surface area contributed by atoms with E-state index in [-0.39, 0.29) is 17.3 Å². The molecule has 3 rings (SSSR count). The standard InChI is InChI=1S/C24H28ClN3O5S/c1-4-5-18(20-8-9-21(34-20)23(30)31)27-24(32)28-13-14(2)26-12-16(22(28)29)10-15-11-17(25)6-7-19(15)33-3/h6-9,11,16,18,26H,2,4-5,10,12-13H2,1,3H3,(H,27,32)(H,30,31)/t16-,18+/m0/s1. The van der Waals surface area contributed by atoms with Crippen LogP contribution in [0.4, 0.5) is 4.79 Å². The number of hydrogen-bond acceptors (Lipinski definition) is 6. The van der Waals surface area contributed by atoms with Gasteiger partial charge in [0.05, 0.1) is 25.6 Å². The van der Waals surface area contributed by atoms with Crippen LogP contribution in [0.15, 0.2) is 42.6 Å². The van der Waals surface area contributed by atoms with Gasteiger partial charge in [-0.15, -0.1) is 11.3 Å². The zero-order valence-electron chi connectivity index (χ0n) is 19.1. The lowest BCUT2D eigenvalue weighted by atomic mass is 9.97. The van der Waals surface area contributed by atoms with Crippen molar-refractivity contribution in [3.63, 3.8) is 0 Å². The lowest BCUT2D eigenvalue weighted by Gasteiger charge is -2.26. The fourth-order valence-electron chi connectivity index (χ4n) is 3.86. The van der Waals surface area contributed by atoms with Gasteiger partial charge in [-0.2, -0.15) is 0 Å². The number of nitrogens with one attached hydrogen (secondary N) is 2. The maximum atomic E-state index is 13.4. The van der Waals surface area contributed by atoms with Crippen LogP contribution in [0.2, 0.25) is 5.02 Å². The van der Waals surface area contributed by atoms with Crippen molar-refractivity contribution in [3.8, 4) is 5.75 Å². The van der Waals surface area contributed by atoms with Crippen molar-refractivity contribution in [2.24, 2.45) is 5.92 Å². The van der Waals surface area contributed by atoms with Crippen LogP contribution < -0.4 is 15.4 Å². The highest BCUT2D eigenvalue weighted by Gasteiger charge is 2.34. The number of benzene rings is 1. The molecule has 8 nitrogen and oxygen atoms in total. The molecule has 1 fully saturated rings. The van der Waals surface area contributed by atoms with E-state index < -0.39 is 24.0 Å². The topological polar surface area (TPSA) is 108 Å². The Labute approximate surface area is 207 Å². The first-order valence-corrected chi connectivity index (χ1v) is 12.1. The highest BCUT2D eigenvalue weighted by molar-refractivity contribution is 7.14. The van der Waals surface area contributed by atoms with Gasteiger partial charge in [0.1, 0.15) is 10.6 Å². The van der Waals surface area contributed by atoms with Gasteiger partial charge >= 0.3 is 12.0 Å². The normalized spacial score (nSPS) is 17.0. The molecule has 0 spiro atoms. The van der Waals surface area contributed by atoms with Crippen molar-refractivity contribution in [3.05, 3.63) is 62.9 Å². The van der Waals surface area contributed by atoms with Gasteiger partial charge in [-0.25, -0.2) is 9.59 Å². The van der Waals surface area contributed by atoms with Crippen LogP contribution in [0.5, 0.6) is 5.75 Å². The number of imide groups is 1. The molecule has 2 atom stereocenters. The second kappa shape index (κ2) is 11.4. The maximum Gasteiger partial charge on any atom is 0.345 e. The summed E-state index contributed by atoms with van der Waals surface area (Å²) in [5.74, 6) is -1.27. The lowest BCUT2D eigenvalue weighted by molar-refractivity contribution is -0.131. The Morgan fingerprint density at radius 2 is 2.15 bits per heavy atom. The van der Waals surface area contributed by atoms with Crippen molar-refractivity contribution in [2.45, 2.75) is 32.2 Å². The van der Waals surface area contributed by atoms with E-state index in [9.17, 15) is 19.5 Å². The molecule has 182 valence electrons. The Hall–Kier alpha value is -3.04. The minimum Gasteiger partial charge on any atom is -0.496 e. The molecule has 0 unspecified atom stereocenters. The van der Waals surface area contributed by atoms with Gasteiger partial charge in [0.25, 0.3) is 0 Å². The van der Waals surface area contributed by atoms with E-state index in [1.54, 1.807) is 31.4 Å². The van der Waals surface area contributed by atoms with E-state index in [1.165, 1.54) is 11.0 Å². The maximum absolute atomic E-state index is 13.4. The molecule has 1 saturated heterocycles. The zero-order chi connectivity index (χ0) is 24.8. The molecular formula is C24H28ClN3O5S. The molecule has 1 aromatic carbocycles. The van der Waals surface area contributed by atoms with E-state index in [2.05, 4.69) is 17.2 Å². The van der Waals surface area contributed by atoms with Crippen LogP contribution in [0.3, 0.4) is 0 Å². The van der Waals surface area contributed by atoms with Gasteiger partial charge in [0.15, 0.2) is 0 Å². The number of methoxy groups -OCH3 is 1. The first-order valence-electron chi connectivity index (χ1n) is 10.9. The Balaban J connectivity index is 1.81. The van der Waals surface area contributed by atoms with E-state index in [0.29, 0.717) is 35.9 Å². The molecule has 0 radical (unpaired) electrons. The fourth-order valence-corrected chi connectivity index (χ4v) is 4.99. The number of carboxylic acid groups (broad SMARTS) is 1. The summed E-state index contributed by atoms with van der Waals surface area (Å²) < 4.78 is 5.41. The average molecular weight is 506 g/mol. The summed E-state index contributed by atoms with van der Waals surface area (Å²) in [5, 5.41) is 15.8. The number of aromatic carboxylic acids is 1. The van der Waals surface area contributed by atoms with Crippen molar-refractivity contribution in [1.29, 1.82) is 0 Å². The van der Waals surface area contributed by atoms with Gasteiger partial charge in [-0.3, -0.25) is 9.69 Å². The molecule has 2 aromatic rings. The second-order valence-electron chi connectivity index (χ2n) is 8.06. The zero-order valence-corrected chi connectivity index (χ0v) is 20.7. The third kappa shape index (κ3) is 6.09. The van der Waals surface area contributed by atoms with Crippen LogP contribution in [0.25, 0.3) is 0 Å². The van der Waals surface area contributed by atoms with Gasteiger partial charge in [0, 0.05) is 22.1 Å². The van der Waals surface area contributed by atoms with Crippen molar-refractivity contribution in [1.82, 2.24) is 15.5 Å². The van der Waals surface area contributed by atoms with Crippen molar-refractivity contribution >= 4 is 40.8 Å². The molecule has 10 heteroatoms. The van der Waals surface area contributed by atoms with Gasteiger partial charge in [-0.1, -0.05) is 31.5 Å². The minimum atomic E-state index is -1.01. The van der Waals surface area contributed by atoms with E-state index >= 15 is 0 Å². The number of nitrogens with zero attached hydrogens (tertiary/aromatic N) is 1. The lowest BCUT2D eigenvalue weighted by Crippen LogP contribution is -2.47. The number of carboxylic acids is 1. The number of amides is 3. The van der Waals surface area contributed by atoms with Crippen LogP contribution in [0, 0.1) is 5.92 Å². The molecule has 3 amide bonds. The molecule has 34 heavy (non-hydrogen) atoms. The SMILES string of the molecule is C=C1CN(C(=O)N[C@H](CCC)c2ccc(C(=O)O)s2)C(=O)[C@@H](Cc2cc(Cl)ccc2OC)CN1. The van der Waals surface area contributed by atoms with Crippen molar-refractivity contribution in [2.75, 3.05) is 20.2 Å². The number of carbonyl (C=O) groups is 3. The molecule has 0 bridgehead atoms. The first-order chi connectivity index (χ1) is 16.2. The summed E-state index contributed by atoms with van der Waals surface area (Å²) in [5.41, 5.74) is 1.33. The Kier molecular flexibility index (Phi) is 8.57. The monoisotopic (exact) mass is 505 g/mol. The molecule has 0 aliphatic carbocycles. The molecule has 3 N–H and O–H groups in total. The second-order valence-corrected chi connectivity index (χ2v) is 9.62. The molecule has 1 aromatic heterocycles. The van der Waals surface area contributed by atoms with Crippen LogP contribution in [0.1, 0.15) is 45.9 Å². The molecule has 1 aliphatic rings. The molecule has 2 heterocycles. The Morgan fingerprint density at radius 1 is 1.38 bits per heavy atom. The van der Waals surface area contributed by atoms with Gasteiger partial charge < -0.3 is 20.5 Å². The Morgan fingerprint density at radius 3 is 2.79 bits per heavy atom. The number of carbonyl (C=O) groups excluding carboxylic acids is 2. The molecular weight excluding hydrogens is 478 g/mol. The number of rotatable bonds is 8. The van der Waals surface area contributed by atoms with Gasteiger partial charge in [-0.05, 0) is 48.7 Å². The highest BCUT2D eigenvalue weighted by atomic mass is 35.5. The summed E-state index contributed by atoms with van der Waals surface area (Å²) in [6, 6.07) is 7.50. The highest BCUT2D eigenvalue weighted by Crippen LogP contribution is 2.29. The third-order valence-electron chi connectivity index (χ3n) is 5.57. The molecule has 0 saturated carbocycles. The van der Waals surface area contributed by atoms with Crippen molar-refractivity contribution < 1.29 is 24.2 Å². The van der Waals surface area contributed by atoms with E-state index in [0.717, 1.165) is 28.2 Å². The number of thiophene rings is 1. The van der Waals surface area contributed by atoms with Crippen LogP contribution >= 0.6 is 22.9 Å². The summed E-state index contributed by atoms with van der Waals surface area (Å²) in [7, 11) is 1.55. The summed E-state index contributed by atoms with van der Waals surface area (Å²) in [6.07, 6.45) is 1.71. The Bertz CT molecular complexity index is 1090. The fraction of sp³-hybridized carbons (Fsp3) is 0.375. The predicted octanol–water partition coefficient (Wildman–Crippen LogP) is 4.46. The smallest absolute Gasteiger partial charge is 0.345 e. The average Bonchev–Trinajstić information content (AvgIpc) is 3.25. The summed E-state index contributed by atoms with van der Waals surface area (Å²) >= 11 is 7.27. The summed E-state index contributed by atoms with van der Waals surface area (Å²) in [4.78, 5) is 40.0. The quantitative estimate of drug-likeness (QED) is 0.488. The third-order valence-corrected chi connectivity index (χ3v) is 6.99. The van der Waals surface area contributed by atoms with E-state index in [1.807, 2.05) is 6.92 Å².